The first kappa shape index (κ1) is 23.5. The lowest BCUT2D eigenvalue weighted by Crippen LogP contribution is -2.26. The molecule has 0 spiro atoms. The van der Waals surface area contributed by atoms with Crippen LogP contribution in [0.25, 0.3) is 0 Å². The Kier molecular flexibility index (Phi) is 8.49. The van der Waals surface area contributed by atoms with Crippen LogP contribution in [0.15, 0.2) is 30.7 Å². The first-order valence-corrected chi connectivity index (χ1v) is 8.70. The maximum absolute atomic E-state index is 12.1. The van der Waals surface area contributed by atoms with E-state index in [0.717, 1.165) is 0 Å². The highest BCUT2D eigenvalue weighted by molar-refractivity contribution is 5.91. The predicted octanol–water partition coefficient (Wildman–Crippen LogP) is 3.35. The van der Waals surface area contributed by atoms with E-state index >= 15 is 0 Å². The number of nitrogens with zero attached hydrogens (tertiary/aromatic N) is 3. The first-order chi connectivity index (χ1) is 12.8. The van der Waals surface area contributed by atoms with Gasteiger partial charge in [-0.1, -0.05) is 6.07 Å². The molecule has 0 aliphatic carbocycles. The van der Waals surface area contributed by atoms with Crippen LogP contribution in [0.2, 0.25) is 0 Å². The van der Waals surface area contributed by atoms with Crippen LogP contribution in [0, 0.1) is 6.92 Å². The molecule has 0 unspecified atom stereocenters. The zero-order chi connectivity index (χ0) is 21.4. The van der Waals surface area contributed by atoms with Gasteiger partial charge in [0.15, 0.2) is 0 Å². The fourth-order valence-corrected chi connectivity index (χ4v) is 1.82. The van der Waals surface area contributed by atoms with Crippen molar-refractivity contribution in [2.45, 2.75) is 58.8 Å². The van der Waals surface area contributed by atoms with Gasteiger partial charge in [-0.3, -0.25) is 14.8 Å². The molecule has 6 nitrogen and oxygen atoms in total. The smallest absolute Gasteiger partial charge is 0.347 e. The van der Waals surface area contributed by atoms with E-state index in [0.29, 0.717) is 17.0 Å². The van der Waals surface area contributed by atoms with Gasteiger partial charge < -0.3 is 11.1 Å². The summed E-state index contributed by atoms with van der Waals surface area (Å²) in [5, 5.41) is 2.66. The van der Waals surface area contributed by atoms with Crippen LogP contribution in [-0.2, 0) is 13.0 Å². The molecule has 154 valence electrons. The Morgan fingerprint density at radius 1 is 1.14 bits per heavy atom. The number of carbonyl (C=O) groups is 1. The third kappa shape index (κ3) is 11.2. The molecule has 0 aromatic carbocycles. The summed E-state index contributed by atoms with van der Waals surface area (Å²) in [6.45, 7) is 7.83. The molecular formula is C19H26F3N5O. The molecule has 0 aliphatic rings. The molecule has 2 aromatic rings. The van der Waals surface area contributed by atoms with Crippen molar-refractivity contribution in [1.29, 1.82) is 0 Å². The second-order valence-corrected chi connectivity index (χ2v) is 7.37. The summed E-state index contributed by atoms with van der Waals surface area (Å²) in [4.78, 5) is 23.8. The molecular weight excluding hydrogens is 371 g/mol. The molecule has 0 aliphatic heterocycles. The minimum absolute atomic E-state index is 0. The number of nitrogens with one attached hydrogen (secondary N) is 1. The molecule has 1 amide bonds. The number of aryl methyl sites for hydroxylation is 2. The predicted molar refractivity (Wildman–Crippen MR) is 100 cm³/mol. The molecule has 28 heavy (non-hydrogen) atoms. The van der Waals surface area contributed by atoms with Crippen LogP contribution >= 0.6 is 0 Å². The fraction of sp³-hybridized carbons (Fsp3) is 0.474. The van der Waals surface area contributed by atoms with E-state index in [1.54, 1.807) is 19.2 Å². The van der Waals surface area contributed by atoms with Gasteiger partial charge in [0, 0.05) is 36.6 Å². The molecule has 3 N–H and O–H groups in total. The van der Waals surface area contributed by atoms with E-state index in [1.165, 1.54) is 18.5 Å². The van der Waals surface area contributed by atoms with Gasteiger partial charge in [-0.15, -0.1) is 0 Å². The maximum atomic E-state index is 12.1. The summed E-state index contributed by atoms with van der Waals surface area (Å²) in [5.41, 5.74) is 7.25. The number of hydrogen-bond acceptors (Lipinski definition) is 5. The first-order valence-electron chi connectivity index (χ1n) is 8.70. The molecule has 0 saturated carbocycles. The minimum atomic E-state index is -4.19. The zero-order valence-electron chi connectivity index (χ0n) is 16.5. The van der Waals surface area contributed by atoms with Gasteiger partial charge in [0.25, 0.3) is 5.91 Å². The van der Waals surface area contributed by atoms with E-state index in [4.69, 9.17) is 5.73 Å². The molecule has 0 radical (unpaired) electrons. The van der Waals surface area contributed by atoms with Crippen molar-refractivity contribution < 1.29 is 18.0 Å². The van der Waals surface area contributed by atoms with Gasteiger partial charge in [0.05, 0.1) is 11.9 Å². The lowest BCUT2D eigenvalue weighted by atomic mass is 10.1. The normalized spacial score (nSPS) is 11.4. The van der Waals surface area contributed by atoms with Crippen LogP contribution in [0.1, 0.15) is 54.6 Å². The van der Waals surface area contributed by atoms with Crippen LogP contribution < -0.4 is 11.1 Å². The Balaban J connectivity index is 0.000000696. The fourth-order valence-electron chi connectivity index (χ4n) is 1.82. The van der Waals surface area contributed by atoms with E-state index in [9.17, 15) is 18.0 Å². The summed E-state index contributed by atoms with van der Waals surface area (Å²) in [5.74, 6) is -0.373. The Morgan fingerprint density at radius 2 is 1.79 bits per heavy atom. The monoisotopic (exact) mass is 397 g/mol. The number of hydrogen-bond donors (Lipinski definition) is 2. The molecule has 2 rings (SSSR count). The summed E-state index contributed by atoms with van der Waals surface area (Å²) >= 11 is 0. The molecule has 2 heterocycles. The third-order valence-corrected chi connectivity index (χ3v) is 2.99. The number of pyridine rings is 1. The van der Waals surface area contributed by atoms with Crippen molar-refractivity contribution in [2.24, 2.45) is 5.73 Å². The highest BCUT2D eigenvalue weighted by atomic mass is 19.4. The number of nitrogens with two attached hydrogens (primary N) is 1. The molecule has 0 saturated heterocycles. The Hall–Kier alpha value is -2.55. The van der Waals surface area contributed by atoms with Crippen molar-refractivity contribution in [3.63, 3.8) is 0 Å². The third-order valence-electron chi connectivity index (χ3n) is 2.99. The summed E-state index contributed by atoms with van der Waals surface area (Å²) in [7, 11) is 0. The van der Waals surface area contributed by atoms with Crippen LogP contribution in [-0.4, -0.2) is 32.6 Å². The topological polar surface area (TPSA) is 93.8 Å². The van der Waals surface area contributed by atoms with Crippen LogP contribution in [0.4, 0.5) is 13.2 Å². The number of carbonyl (C=O) groups excluding carboxylic acids is 1. The largest absolute Gasteiger partial charge is 0.389 e. The number of alkyl halides is 3. The van der Waals surface area contributed by atoms with E-state index < -0.39 is 12.6 Å². The van der Waals surface area contributed by atoms with Gasteiger partial charge >= 0.3 is 6.18 Å². The number of aromatic nitrogens is 3. The van der Waals surface area contributed by atoms with Gasteiger partial charge in [-0.05, 0) is 45.7 Å². The van der Waals surface area contributed by atoms with E-state index in [2.05, 4.69) is 20.3 Å². The van der Waals surface area contributed by atoms with Crippen molar-refractivity contribution in [1.82, 2.24) is 20.3 Å². The average molecular weight is 397 g/mol. The Morgan fingerprint density at radius 3 is 2.29 bits per heavy atom. The second-order valence-electron chi connectivity index (χ2n) is 7.37. The van der Waals surface area contributed by atoms with Crippen molar-refractivity contribution in [3.8, 4) is 0 Å². The molecule has 0 atom stereocenters. The highest BCUT2D eigenvalue weighted by Crippen LogP contribution is 2.21. The highest BCUT2D eigenvalue weighted by Gasteiger charge is 2.26. The summed E-state index contributed by atoms with van der Waals surface area (Å²) in [6, 6.07) is 3.17. The maximum Gasteiger partial charge on any atom is 0.389 e. The minimum Gasteiger partial charge on any atom is -0.347 e. The van der Waals surface area contributed by atoms with Crippen molar-refractivity contribution in [2.75, 3.05) is 0 Å². The van der Waals surface area contributed by atoms with Gasteiger partial charge in [-0.2, -0.15) is 13.2 Å². The SMILES string of the molecule is CC(C)(C)N.Cc1cncc(C(=O)NCc2ccc(CCC(F)(F)F)nc2)n1. The van der Waals surface area contributed by atoms with Crippen LogP contribution in [0.3, 0.4) is 0 Å². The molecule has 2 aromatic heterocycles. The average Bonchev–Trinajstić information content (AvgIpc) is 2.56. The van der Waals surface area contributed by atoms with E-state index in [1.807, 2.05) is 20.8 Å². The van der Waals surface area contributed by atoms with Gasteiger partial charge in [-0.25, -0.2) is 4.98 Å². The standard InChI is InChI=1S/C15H15F3N4O.C4H11N/c1-10-6-19-9-13(22-10)14(23)21-8-11-2-3-12(20-7-11)4-5-15(16,17)18;1-4(2,3)5/h2-3,6-7,9H,4-5,8H2,1H3,(H,21,23);5H2,1-3H3. The molecule has 9 heteroatoms. The van der Waals surface area contributed by atoms with Gasteiger partial charge in [0.1, 0.15) is 5.69 Å². The summed E-state index contributed by atoms with van der Waals surface area (Å²) in [6.07, 6.45) is -0.893. The zero-order valence-corrected chi connectivity index (χ0v) is 16.5. The van der Waals surface area contributed by atoms with Gasteiger partial charge in [0.2, 0.25) is 0 Å². The lowest BCUT2D eigenvalue weighted by molar-refractivity contribution is -0.134. The van der Waals surface area contributed by atoms with E-state index in [-0.39, 0.29) is 30.1 Å². The second kappa shape index (κ2) is 10.1. The Labute approximate surface area is 162 Å². The Bertz CT molecular complexity index is 749. The quantitative estimate of drug-likeness (QED) is 0.807. The molecule has 0 bridgehead atoms. The molecule has 0 fully saturated rings. The van der Waals surface area contributed by atoms with Crippen LogP contribution in [0.5, 0.6) is 0 Å². The number of halogens is 3. The van der Waals surface area contributed by atoms with Crippen molar-refractivity contribution in [3.05, 3.63) is 53.4 Å². The number of amides is 1. The number of rotatable bonds is 5. The van der Waals surface area contributed by atoms with Crippen molar-refractivity contribution >= 4 is 5.91 Å². The summed E-state index contributed by atoms with van der Waals surface area (Å²) < 4.78 is 36.4. The lowest BCUT2D eigenvalue weighted by Gasteiger charge is -2.07.